The Kier molecular flexibility index (Phi) is 5.86. The number of hydrogen-bond donors (Lipinski definition) is 1. The summed E-state index contributed by atoms with van der Waals surface area (Å²) in [6, 6.07) is 8.35. The van der Waals surface area contributed by atoms with Gasteiger partial charge in [-0.25, -0.2) is 0 Å². The van der Waals surface area contributed by atoms with Crippen molar-refractivity contribution in [1.29, 1.82) is 0 Å². The summed E-state index contributed by atoms with van der Waals surface area (Å²) in [5.41, 5.74) is 2.46. The molecule has 0 unspecified atom stereocenters. The zero-order valence-electron chi connectivity index (χ0n) is 9.37. The molecule has 1 aromatic rings. The van der Waals surface area contributed by atoms with E-state index in [2.05, 4.69) is 51.6 Å². The normalized spacial score (nSPS) is 10.6. The van der Waals surface area contributed by atoms with E-state index in [4.69, 9.17) is 0 Å². The van der Waals surface area contributed by atoms with Crippen LogP contribution in [0.5, 0.6) is 0 Å². The van der Waals surface area contributed by atoms with Crippen molar-refractivity contribution in [3.05, 3.63) is 41.5 Å². The largest absolute Gasteiger partial charge is 0.356 e. The van der Waals surface area contributed by atoms with Crippen LogP contribution in [0.4, 0.5) is 0 Å². The van der Waals surface area contributed by atoms with Crippen molar-refractivity contribution >= 4 is 27.9 Å². The predicted molar refractivity (Wildman–Crippen MR) is 71.4 cm³/mol. The van der Waals surface area contributed by atoms with Crippen LogP contribution in [0.2, 0.25) is 0 Å². The maximum atomic E-state index is 10.6. The van der Waals surface area contributed by atoms with Gasteiger partial charge in [0.2, 0.25) is 5.91 Å². The van der Waals surface area contributed by atoms with Gasteiger partial charge in [0.25, 0.3) is 0 Å². The molecular weight excluding hydrogens is 266 g/mol. The minimum atomic E-state index is 0.0229. The second-order valence-electron chi connectivity index (χ2n) is 3.55. The molecule has 1 rings (SSSR count). The lowest BCUT2D eigenvalue weighted by molar-refractivity contribution is -0.118. The lowest BCUT2D eigenvalue weighted by atomic mass is 10.1. The summed E-state index contributed by atoms with van der Waals surface area (Å²) in [7, 11) is 0. The average Bonchev–Trinajstić information content (AvgIpc) is 2.28. The molecule has 3 heteroatoms. The number of carbonyl (C=O) groups excluding carboxylic acids is 1. The molecule has 0 saturated carbocycles. The lowest BCUT2D eigenvalue weighted by Gasteiger charge is -1.99. The number of amides is 1. The van der Waals surface area contributed by atoms with E-state index in [0.717, 1.165) is 11.8 Å². The molecule has 0 saturated heterocycles. The quantitative estimate of drug-likeness (QED) is 0.652. The molecule has 0 aliphatic rings. The smallest absolute Gasteiger partial charge is 0.216 e. The molecule has 0 aliphatic heterocycles. The third kappa shape index (κ3) is 5.12. The lowest BCUT2D eigenvalue weighted by Crippen LogP contribution is -2.20. The monoisotopic (exact) mass is 281 g/mol. The van der Waals surface area contributed by atoms with Gasteiger partial charge in [-0.05, 0) is 17.5 Å². The maximum Gasteiger partial charge on any atom is 0.216 e. The molecular formula is C13H16BrNO. The van der Waals surface area contributed by atoms with Crippen LogP contribution in [-0.4, -0.2) is 12.5 Å². The van der Waals surface area contributed by atoms with Gasteiger partial charge in [0.05, 0.1) is 0 Å². The van der Waals surface area contributed by atoms with Crippen molar-refractivity contribution in [3.63, 3.8) is 0 Å². The molecule has 86 valence electrons. The molecule has 1 N–H and O–H groups in total. The van der Waals surface area contributed by atoms with Crippen LogP contribution >= 0.6 is 15.9 Å². The number of hydrogen-bond acceptors (Lipinski definition) is 1. The Labute approximate surface area is 105 Å². The van der Waals surface area contributed by atoms with E-state index in [9.17, 15) is 4.79 Å². The van der Waals surface area contributed by atoms with Gasteiger partial charge in [-0.1, -0.05) is 52.3 Å². The fourth-order valence-electron chi connectivity index (χ4n) is 1.33. The van der Waals surface area contributed by atoms with Crippen molar-refractivity contribution in [1.82, 2.24) is 5.32 Å². The summed E-state index contributed by atoms with van der Waals surface area (Å²) in [6.07, 6.45) is 5.01. The molecule has 0 atom stereocenters. The topological polar surface area (TPSA) is 29.1 Å². The zero-order valence-corrected chi connectivity index (χ0v) is 11.0. The summed E-state index contributed by atoms with van der Waals surface area (Å²) in [4.78, 5) is 10.6. The maximum absolute atomic E-state index is 10.6. The molecule has 1 amide bonds. The van der Waals surface area contributed by atoms with E-state index in [1.165, 1.54) is 18.1 Å². The minimum Gasteiger partial charge on any atom is -0.356 e. The van der Waals surface area contributed by atoms with E-state index in [-0.39, 0.29) is 5.91 Å². The molecule has 2 nitrogen and oxygen atoms in total. The first kappa shape index (κ1) is 13.0. The highest BCUT2D eigenvalue weighted by Gasteiger charge is 1.91. The van der Waals surface area contributed by atoms with Crippen LogP contribution in [0.3, 0.4) is 0 Å². The number of carbonyl (C=O) groups is 1. The van der Waals surface area contributed by atoms with Crippen molar-refractivity contribution in [3.8, 4) is 0 Å². The number of alkyl halides is 1. The summed E-state index contributed by atoms with van der Waals surface area (Å²) >= 11 is 3.43. The molecule has 0 fully saturated rings. The molecule has 1 aromatic carbocycles. The SMILES string of the molecule is CC(=O)NCCC=Cc1cccc(CBr)c1. The highest BCUT2D eigenvalue weighted by Crippen LogP contribution is 2.10. The van der Waals surface area contributed by atoms with Gasteiger partial charge < -0.3 is 5.32 Å². The van der Waals surface area contributed by atoms with Crippen LogP contribution in [0.25, 0.3) is 6.08 Å². The zero-order chi connectivity index (χ0) is 11.8. The van der Waals surface area contributed by atoms with Gasteiger partial charge in [-0.3, -0.25) is 4.79 Å². The van der Waals surface area contributed by atoms with Crippen molar-refractivity contribution in [2.24, 2.45) is 0 Å². The van der Waals surface area contributed by atoms with E-state index in [1.54, 1.807) is 0 Å². The van der Waals surface area contributed by atoms with Gasteiger partial charge in [0.1, 0.15) is 0 Å². The first-order valence-corrected chi connectivity index (χ1v) is 6.40. The highest BCUT2D eigenvalue weighted by atomic mass is 79.9. The Hall–Kier alpha value is -1.09. The van der Waals surface area contributed by atoms with Crippen LogP contribution in [0.1, 0.15) is 24.5 Å². The number of rotatable bonds is 5. The second kappa shape index (κ2) is 7.23. The fourth-order valence-corrected chi connectivity index (χ4v) is 1.68. The van der Waals surface area contributed by atoms with Crippen LogP contribution in [0.15, 0.2) is 30.3 Å². The number of nitrogens with one attached hydrogen (secondary N) is 1. The number of halogens is 1. The Morgan fingerprint density at radius 1 is 1.50 bits per heavy atom. The summed E-state index contributed by atoms with van der Waals surface area (Å²) in [5.74, 6) is 0.0229. The van der Waals surface area contributed by atoms with Crippen LogP contribution in [0, 0.1) is 0 Å². The first-order valence-electron chi connectivity index (χ1n) is 5.28. The molecule has 0 spiro atoms. The third-order valence-corrected chi connectivity index (χ3v) is 2.75. The van der Waals surface area contributed by atoms with Crippen LogP contribution < -0.4 is 5.32 Å². The number of benzene rings is 1. The molecule has 0 bridgehead atoms. The Morgan fingerprint density at radius 3 is 3.00 bits per heavy atom. The van der Waals surface area contributed by atoms with Crippen molar-refractivity contribution in [2.45, 2.75) is 18.7 Å². The van der Waals surface area contributed by atoms with Crippen molar-refractivity contribution in [2.75, 3.05) is 6.54 Å². The summed E-state index contributed by atoms with van der Waals surface area (Å²) < 4.78 is 0. The van der Waals surface area contributed by atoms with Gasteiger partial charge >= 0.3 is 0 Å². The molecule has 0 aliphatic carbocycles. The second-order valence-corrected chi connectivity index (χ2v) is 4.11. The Balaban J connectivity index is 2.40. The predicted octanol–water partition coefficient (Wildman–Crippen LogP) is 3.12. The van der Waals surface area contributed by atoms with Crippen LogP contribution in [-0.2, 0) is 10.1 Å². The molecule has 0 heterocycles. The summed E-state index contributed by atoms with van der Waals surface area (Å²) in [6.45, 7) is 2.23. The first-order chi connectivity index (χ1) is 7.72. The average molecular weight is 282 g/mol. The van der Waals surface area contributed by atoms with E-state index in [0.29, 0.717) is 6.54 Å². The molecule has 0 radical (unpaired) electrons. The van der Waals surface area contributed by atoms with E-state index >= 15 is 0 Å². The third-order valence-electron chi connectivity index (χ3n) is 2.10. The van der Waals surface area contributed by atoms with E-state index < -0.39 is 0 Å². The van der Waals surface area contributed by atoms with E-state index in [1.807, 2.05) is 6.07 Å². The van der Waals surface area contributed by atoms with Gasteiger partial charge in [0.15, 0.2) is 0 Å². The standard InChI is InChI=1S/C13H16BrNO/c1-11(16)15-8-3-2-5-12-6-4-7-13(9-12)10-14/h2,4-7,9H,3,8,10H2,1H3,(H,15,16). The minimum absolute atomic E-state index is 0.0229. The van der Waals surface area contributed by atoms with Gasteiger partial charge in [-0.2, -0.15) is 0 Å². The molecule has 16 heavy (non-hydrogen) atoms. The highest BCUT2D eigenvalue weighted by molar-refractivity contribution is 9.08. The van der Waals surface area contributed by atoms with Gasteiger partial charge in [-0.15, -0.1) is 0 Å². The van der Waals surface area contributed by atoms with Crippen molar-refractivity contribution < 1.29 is 4.79 Å². The molecule has 0 aromatic heterocycles. The van der Waals surface area contributed by atoms with Gasteiger partial charge in [0, 0.05) is 18.8 Å². The Bertz CT molecular complexity index is 374. The Morgan fingerprint density at radius 2 is 2.31 bits per heavy atom. The summed E-state index contributed by atoms with van der Waals surface area (Å²) in [5, 5.41) is 3.63. The fraction of sp³-hybridized carbons (Fsp3) is 0.308.